The fraction of sp³-hybridized carbons (Fsp3) is 0. The first-order valence-electron chi connectivity index (χ1n) is 5.62. The Balaban J connectivity index is 2.15. The van der Waals surface area contributed by atoms with E-state index in [4.69, 9.17) is 0 Å². The Kier molecular flexibility index (Phi) is 2.57. The largest absolute Gasteiger partial charge is 0.298 e. The molecule has 0 aliphatic rings. The van der Waals surface area contributed by atoms with E-state index in [1.165, 1.54) is 0 Å². The van der Waals surface area contributed by atoms with Gasteiger partial charge in [0.25, 0.3) is 0 Å². The van der Waals surface area contributed by atoms with Gasteiger partial charge in [0.15, 0.2) is 6.29 Å². The third-order valence-electron chi connectivity index (χ3n) is 2.82. The number of fused-ring (bicyclic) bond motifs is 1. The lowest BCUT2D eigenvalue weighted by Crippen LogP contribution is -1.87. The Morgan fingerprint density at radius 1 is 0.944 bits per heavy atom. The number of aromatic nitrogens is 2. The van der Waals surface area contributed by atoms with Gasteiger partial charge in [-0.05, 0) is 18.2 Å². The first kappa shape index (κ1) is 10.6. The highest BCUT2D eigenvalue weighted by Gasteiger charge is 2.02. The van der Waals surface area contributed by atoms with E-state index in [0.29, 0.717) is 5.56 Å². The van der Waals surface area contributed by atoms with Gasteiger partial charge in [-0.15, -0.1) is 0 Å². The molecule has 0 spiro atoms. The Hall–Kier alpha value is -2.55. The maximum atomic E-state index is 10.7. The van der Waals surface area contributed by atoms with Crippen LogP contribution in [0.15, 0.2) is 55.0 Å². The van der Waals surface area contributed by atoms with E-state index < -0.39 is 0 Å². The Bertz CT molecular complexity index is 722. The van der Waals surface area contributed by atoms with Crippen LogP contribution in [0.5, 0.6) is 0 Å². The van der Waals surface area contributed by atoms with Crippen molar-refractivity contribution in [2.24, 2.45) is 0 Å². The van der Waals surface area contributed by atoms with Crippen LogP contribution >= 0.6 is 0 Å². The molecule has 0 aliphatic carbocycles. The summed E-state index contributed by atoms with van der Waals surface area (Å²) in [5.41, 5.74) is 3.39. The van der Waals surface area contributed by atoms with Crippen molar-refractivity contribution in [1.29, 1.82) is 0 Å². The SMILES string of the molecule is O=Cc1cncc(-c2cnc3ccccc3c2)c1. The molecule has 2 aromatic heterocycles. The minimum absolute atomic E-state index is 0.570. The maximum absolute atomic E-state index is 10.7. The van der Waals surface area contributed by atoms with Gasteiger partial charge in [-0.1, -0.05) is 18.2 Å². The average molecular weight is 234 g/mol. The molecule has 0 amide bonds. The molecule has 0 fully saturated rings. The molecule has 0 bridgehead atoms. The molecule has 86 valence electrons. The molecular formula is C15H10N2O. The summed E-state index contributed by atoms with van der Waals surface area (Å²) in [6.07, 6.45) is 5.88. The number of hydrogen-bond acceptors (Lipinski definition) is 3. The van der Waals surface area contributed by atoms with E-state index in [2.05, 4.69) is 9.97 Å². The molecule has 18 heavy (non-hydrogen) atoms. The summed E-state index contributed by atoms with van der Waals surface area (Å²) in [5, 5.41) is 1.08. The van der Waals surface area contributed by atoms with Crippen LogP contribution in [-0.2, 0) is 0 Å². The highest BCUT2D eigenvalue weighted by atomic mass is 16.1. The van der Waals surface area contributed by atoms with Gasteiger partial charge in [0.1, 0.15) is 0 Å². The van der Waals surface area contributed by atoms with Crippen molar-refractivity contribution >= 4 is 17.2 Å². The molecule has 3 rings (SSSR count). The number of carbonyl (C=O) groups is 1. The standard InChI is InChI=1S/C15H10N2O/c18-10-11-5-13(8-16-7-11)14-6-12-3-1-2-4-15(12)17-9-14/h1-10H. The molecule has 1 aromatic carbocycles. The first-order chi connectivity index (χ1) is 8.86. The third kappa shape index (κ3) is 1.86. The Morgan fingerprint density at radius 2 is 1.78 bits per heavy atom. The smallest absolute Gasteiger partial charge is 0.151 e. The van der Waals surface area contributed by atoms with Gasteiger partial charge >= 0.3 is 0 Å². The van der Waals surface area contributed by atoms with Gasteiger partial charge in [0, 0.05) is 40.7 Å². The zero-order valence-electron chi connectivity index (χ0n) is 9.58. The van der Waals surface area contributed by atoms with Gasteiger partial charge in [0.2, 0.25) is 0 Å². The summed E-state index contributed by atoms with van der Waals surface area (Å²) in [6, 6.07) is 11.8. The van der Waals surface area contributed by atoms with Crippen LogP contribution in [0, 0.1) is 0 Å². The predicted molar refractivity (Wildman–Crippen MR) is 70.4 cm³/mol. The molecule has 0 atom stereocenters. The summed E-state index contributed by atoms with van der Waals surface area (Å²) in [4.78, 5) is 19.2. The fourth-order valence-electron chi connectivity index (χ4n) is 1.91. The highest BCUT2D eigenvalue weighted by molar-refractivity contribution is 5.84. The quantitative estimate of drug-likeness (QED) is 0.640. The average Bonchev–Trinajstić information content (AvgIpc) is 2.47. The summed E-state index contributed by atoms with van der Waals surface area (Å²) < 4.78 is 0. The van der Waals surface area contributed by atoms with Crippen molar-refractivity contribution in [3.8, 4) is 11.1 Å². The second-order valence-electron chi connectivity index (χ2n) is 4.04. The van der Waals surface area contributed by atoms with E-state index in [9.17, 15) is 4.79 Å². The fourth-order valence-corrected chi connectivity index (χ4v) is 1.91. The molecule has 3 nitrogen and oxygen atoms in total. The molecule has 0 unspecified atom stereocenters. The van der Waals surface area contributed by atoms with Gasteiger partial charge in [-0.2, -0.15) is 0 Å². The van der Waals surface area contributed by atoms with Crippen LogP contribution in [0.1, 0.15) is 10.4 Å². The van der Waals surface area contributed by atoms with Gasteiger partial charge in [-0.25, -0.2) is 0 Å². The molecular weight excluding hydrogens is 224 g/mol. The molecule has 0 saturated carbocycles. The number of rotatable bonds is 2. The molecule has 3 aromatic rings. The zero-order valence-corrected chi connectivity index (χ0v) is 9.58. The summed E-state index contributed by atoms with van der Waals surface area (Å²) in [5.74, 6) is 0. The molecule has 0 radical (unpaired) electrons. The maximum Gasteiger partial charge on any atom is 0.151 e. The normalized spacial score (nSPS) is 10.4. The number of aldehydes is 1. The van der Waals surface area contributed by atoms with E-state index in [1.807, 2.05) is 36.4 Å². The van der Waals surface area contributed by atoms with Crippen LogP contribution in [0.4, 0.5) is 0 Å². The van der Waals surface area contributed by atoms with Crippen molar-refractivity contribution in [3.05, 3.63) is 60.6 Å². The van der Waals surface area contributed by atoms with Crippen molar-refractivity contribution in [2.75, 3.05) is 0 Å². The lowest BCUT2D eigenvalue weighted by molar-refractivity contribution is 0.112. The summed E-state index contributed by atoms with van der Waals surface area (Å²) in [7, 11) is 0. The van der Waals surface area contributed by atoms with Crippen molar-refractivity contribution in [1.82, 2.24) is 9.97 Å². The second kappa shape index (κ2) is 4.37. The van der Waals surface area contributed by atoms with Gasteiger partial charge < -0.3 is 0 Å². The van der Waals surface area contributed by atoms with Crippen LogP contribution in [0.2, 0.25) is 0 Å². The van der Waals surface area contributed by atoms with Crippen molar-refractivity contribution < 1.29 is 4.79 Å². The number of nitrogens with zero attached hydrogens (tertiary/aromatic N) is 2. The predicted octanol–water partition coefficient (Wildman–Crippen LogP) is 3.11. The van der Waals surface area contributed by atoms with E-state index in [-0.39, 0.29) is 0 Å². The number of para-hydroxylation sites is 1. The minimum Gasteiger partial charge on any atom is -0.298 e. The molecule has 0 N–H and O–H groups in total. The van der Waals surface area contributed by atoms with E-state index in [0.717, 1.165) is 28.3 Å². The van der Waals surface area contributed by atoms with Crippen molar-refractivity contribution in [3.63, 3.8) is 0 Å². The second-order valence-corrected chi connectivity index (χ2v) is 4.04. The summed E-state index contributed by atoms with van der Waals surface area (Å²) >= 11 is 0. The number of carbonyl (C=O) groups excluding carboxylic acids is 1. The van der Waals surface area contributed by atoms with Crippen molar-refractivity contribution in [2.45, 2.75) is 0 Å². The number of hydrogen-bond donors (Lipinski definition) is 0. The van der Waals surface area contributed by atoms with Crippen LogP contribution in [-0.4, -0.2) is 16.3 Å². The summed E-state index contributed by atoms with van der Waals surface area (Å²) in [6.45, 7) is 0. The topological polar surface area (TPSA) is 42.9 Å². The van der Waals surface area contributed by atoms with E-state index >= 15 is 0 Å². The zero-order chi connectivity index (χ0) is 12.4. The van der Waals surface area contributed by atoms with Gasteiger partial charge in [-0.3, -0.25) is 14.8 Å². The van der Waals surface area contributed by atoms with Crippen LogP contribution < -0.4 is 0 Å². The van der Waals surface area contributed by atoms with Crippen LogP contribution in [0.3, 0.4) is 0 Å². The lowest BCUT2D eigenvalue weighted by atomic mass is 10.1. The number of pyridine rings is 2. The third-order valence-corrected chi connectivity index (χ3v) is 2.82. The minimum atomic E-state index is 0.570. The van der Waals surface area contributed by atoms with Gasteiger partial charge in [0.05, 0.1) is 5.52 Å². The first-order valence-corrected chi connectivity index (χ1v) is 5.62. The lowest BCUT2D eigenvalue weighted by Gasteiger charge is -2.03. The van der Waals surface area contributed by atoms with E-state index in [1.54, 1.807) is 18.6 Å². The molecule has 2 heterocycles. The number of benzene rings is 1. The Labute approximate surface area is 104 Å². The molecule has 3 heteroatoms. The monoisotopic (exact) mass is 234 g/mol. The highest BCUT2D eigenvalue weighted by Crippen LogP contribution is 2.22. The van der Waals surface area contributed by atoms with Crippen LogP contribution in [0.25, 0.3) is 22.0 Å². The molecule has 0 aliphatic heterocycles. The Morgan fingerprint density at radius 3 is 2.67 bits per heavy atom. The molecule has 0 saturated heterocycles.